The Labute approximate surface area is 120 Å². The van der Waals surface area contributed by atoms with Crippen LogP contribution in [0.25, 0.3) is 0 Å². The molecule has 0 atom stereocenters. The molecule has 0 saturated carbocycles. The second kappa shape index (κ2) is 6.38. The summed E-state index contributed by atoms with van der Waals surface area (Å²) in [5.74, 6) is -0.160. The van der Waals surface area contributed by atoms with E-state index in [1.807, 2.05) is 6.07 Å². The zero-order chi connectivity index (χ0) is 14.5. The molecule has 0 aliphatic rings. The summed E-state index contributed by atoms with van der Waals surface area (Å²) in [5.41, 5.74) is 1.60. The van der Waals surface area contributed by atoms with E-state index in [0.717, 1.165) is 0 Å². The third-order valence-electron chi connectivity index (χ3n) is 2.69. The molecular formula is C15H11ClFNO2. The first kappa shape index (κ1) is 14.3. The Morgan fingerprint density at radius 3 is 2.70 bits per heavy atom. The summed E-state index contributed by atoms with van der Waals surface area (Å²) in [6.45, 7) is -0.107. The number of halogens is 2. The maximum absolute atomic E-state index is 13.3. The van der Waals surface area contributed by atoms with Crippen molar-refractivity contribution in [2.45, 2.75) is 13.2 Å². The quantitative estimate of drug-likeness (QED) is 0.939. The fourth-order valence-corrected chi connectivity index (χ4v) is 1.93. The zero-order valence-electron chi connectivity index (χ0n) is 10.4. The zero-order valence-corrected chi connectivity index (χ0v) is 11.2. The lowest BCUT2D eigenvalue weighted by Gasteiger charge is -2.09. The molecule has 0 unspecified atom stereocenters. The molecule has 3 nitrogen and oxygen atoms in total. The maximum Gasteiger partial charge on any atom is 0.127 e. The van der Waals surface area contributed by atoms with Crippen LogP contribution < -0.4 is 4.74 Å². The van der Waals surface area contributed by atoms with Gasteiger partial charge >= 0.3 is 0 Å². The molecule has 0 aliphatic carbocycles. The first-order valence-corrected chi connectivity index (χ1v) is 6.22. The van der Waals surface area contributed by atoms with Crippen LogP contribution in [0.5, 0.6) is 5.75 Å². The molecule has 0 aromatic heterocycles. The number of benzene rings is 2. The summed E-state index contributed by atoms with van der Waals surface area (Å²) in [7, 11) is 0. The van der Waals surface area contributed by atoms with Crippen molar-refractivity contribution < 1.29 is 14.2 Å². The number of hydrogen-bond donors (Lipinski definition) is 1. The van der Waals surface area contributed by atoms with Crippen LogP contribution in [-0.4, -0.2) is 5.11 Å². The minimum Gasteiger partial charge on any atom is -0.489 e. The average molecular weight is 292 g/mol. The Morgan fingerprint density at radius 1 is 1.25 bits per heavy atom. The maximum atomic E-state index is 13.3. The van der Waals surface area contributed by atoms with E-state index in [-0.39, 0.29) is 13.2 Å². The Hall–Kier alpha value is -2.09. The van der Waals surface area contributed by atoms with E-state index >= 15 is 0 Å². The van der Waals surface area contributed by atoms with Gasteiger partial charge < -0.3 is 9.84 Å². The molecule has 0 fully saturated rings. The van der Waals surface area contributed by atoms with Crippen LogP contribution in [0, 0.1) is 17.1 Å². The summed E-state index contributed by atoms with van der Waals surface area (Å²) in [4.78, 5) is 0. The van der Waals surface area contributed by atoms with Crippen molar-refractivity contribution in [3.05, 3.63) is 63.9 Å². The second-order valence-electron chi connectivity index (χ2n) is 4.16. The predicted molar refractivity (Wildman–Crippen MR) is 72.8 cm³/mol. The van der Waals surface area contributed by atoms with Gasteiger partial charge in [0.25, 0.3) is 0 Å². The van der Waals surface area contributed by atoms with Crippen LogP contribution in [0.2, 0.25) is 5.02 Å². The highest BCUT2D eigenvalue weighted by Crippen LogP contribution is 2.22. The van der Waals surface area contributed by atoms with E-state index in [9.17, 15) is 4.39 Å². The van der Waals surface area contributed by atoms with Gasteiger partial charge in [0.05, 0.1) is 18.2 Å². The van der Waals surface area contributed by atoms with Crippen molar-refractivity contribution in [2.75, 3.05) is 0 Å². The van der Waals surface area contributed by atoms with Gasteiger partial charge in [0.2, 0.25) is 0 Å². The van der Waals surface area contributed by atoms with Gasteiger partial charge in [0, 0.05) is 16.7 Å². The lowest BCUT2D eigenvalue weighted by atomic mass is 10.1. The molecule has 0 spiro atoms. The molecule has 0 bridgehead atoms. The monoisotopic (exact) mass is 291 g/mol. The second-order valence-corrected chi connectivity index (χ2v) is 4.57. The Kier molecular flexibility index (Phi) is 4.57. The first-order chi connectivity index (χ1) is 9.62. The standard InChI is InChI=1S/C15H11ClFNO2/c16-15-5-10(7-18)1-2-12(15)9-20-14-4-11(8-19)3-13(17)6-14/h1-6,19H,8-9H2. The van der Waals surface area contributed by atoms with E-state index in [4.69, 9.17) is 26.7 Å². The molecule has 0 radical (unpaired) electrons. The van der Waals surface area contributed by atoms with Crippen molar-refractivity contribution in [3.63, 3.8) is 0 Å². The molecule has 102 valence electrons. The van der Waals surface area contributed by atoms with Gasteiger partial charge in [0.1, 0.15) is 18.2 Å². The van der Waals surface area contributed by atoms with Gasteiger partial charge in [-0.15, -0.1) is 0 Å². The number of ether oxygens (including phenoxy) is 1. The van der Waals surface area contributed by atoms with E-state index < -0.39 is 5.82 Å². The molecule has 1 N–H and O–H groups in total. The third-order valence-corrected chi connectivity index (χ3v) is 3.04. The largest absolute Gasteiger partial charge is 0.489 e. The smallest absolute Gasteiger partial charge is 0.127 e. The number of aliphatic hydroxyl groups excluding tert-OH is 1. The van der Waals surface area contributed by atoms with Crippen LogP contribution in [0.15, 0.2) is 36.4 Å². The van der Waals surface area contributed by atoms with Crippen LogP contribution in [0.3, 0.4) is 0 Å². The van der Waals surface area contributed by atoms with Gasteiger partial charge in [-0.1, -0.05) is 17.7 Å². The predicted octanol–water partition coefficient (Wildman–Crippen LogP) is 3.42. The van der Waals surface area contributed by atoms with Crippen molar-refractivity contribution in [1.82, 2.24) is 0 Å². The fraction of sp³-hybridized carbons (Fsp3) is 0.133. The lowest BCUT2D eigenvalue weighted by Crippen LogP contribution is -1.98. The topological polar surface area (TPSA) is 53.2 Å². The number of nitrogens with zero attached hydrogens (tertiary/aromatic N) is 1. The highest BCUT2D eigenvalue weighted by molar-refractivity contribution is 6.31. The Balaban J connectivity index is 2.13. The summed E-state index contributed by atoms with van der Waals surface area (Å²) in [5, 5.41) is 18.2. The SMILES string of the molecule is N#Cc1ccc(COc2cc(F)cc(CO)c2)c(Cl)c1. The van der Waals surface area contributed by atoms with Crippen molar-refractivity contribution in [1.29, 1.82) is 5.26 Å². The molecule has 0 heterocycles. The number of hydrogen-bond acceptors (Lipinski definition) is 3. The average Bonchev–Trinajstić information content (AvgIpc) is 2.45. The number of nitriles is 1. The Morgan fingerprint density at radius 2 is 2.05 bits per heavy atom. The first-order valence-electron chi connectivity index (χ1n) is 5.84. The Bertz CT molecular complexity index is 667. The molecule has 0 amide bonds. The fourth-order valence-electron chi connectivity index (χ4n) is 1.69. The molecular weight excluding hydrogens is 281 g/mol. The molecule has 0 saturated heterocycles. The van der Waals surface area contributed by atoms with E-state index in [0.29, 0.717) is 27.5 Å². The van der Waals surface area contributed by atoms with Crippen LogP contribution in [0.1, 0.15) is 16.7 Å². The van der Waals surface area contributed by atoms with Crippen LogP contribution in [-0.2, 0) is 13.2 Å². The molecule has 5 heteroatoms. The van der Waals surface area contributed by atoms with Gasteiger partial charge in [-0.2, -0.15) is 5.26 Å². The number of aliphatic hydroxyl groups is 1. The highest BCUT2D eigenvalue weighted by Gasteiger charge is 2.05. The molecule has 2 aromatic rings. The summed E-state index contributed by atoms with van der Waals surface area (Å²) >= 11 is 6.02. The van der Waals surface area contributed by atoms with Crippen LogP contribution in [0.4, 0.5) is 4.39 Å². The van der Waals surface area contributed by atoms with Crippen molar-refractivity contribution >= 4 is 11.6 Å². The molecule has 20 heavy (non-hydrogen) atoms. The number of rotatable bonds is 4. The van der Waals surface area contributed by atoms with E-state index in [2.05, 4.69) is 0 Å². The van der Waals surface area contributed by atoms with Gasteiger partial charge in [0.15, 0.2) is 0 Å². The highest BCUT2D eigenvalue weighted by atomic mass is 35.5. The van der Waals surface area contributed by atoms with Gasteiger partial charge in [-0.3, -0.25) is 0 Å². The van der Waals surface area contributed by atoms with E-state index in [1.54, 1.807) is 24.3 Å². The summed E-state index contributed by atoms with van der Waals surface area (Å²) in [6, 6.07) is 10.9. The van der Waals surface area contributed by atoms with Gasteiger partial charge in [-0.05, 0) is 29.8 Å². The summed E-state index contributed by atoms with van der Waals surface area (Å²) in [6.07, 6.45) is 0. The van der Waals surface area contributed by atoms with Crippen LogP contribution >= 0.6 is 11.6 Å². The minimum atomic E-state index is -0.475. The van der Waals surface area contributed by atoms with Gasteiger partial charge in [-0.25, -0.2) is 4.39 Å². The lowest BCUT2D eigenvalue weighted by molar-refractivity contribution is 0.276. The normalized spacial score (nSPS) is 10.1. The molecule has 2 rings (SSSR count). The summed E-state index contributed by atoms with van der Waals surface area (Å²) < 4.78 is 18.7. The third kappa shape index (κ3) is 3.47. The molecule has 2 aromatic carbocycles. The van der Waals surface area contributed by atoms with Crippen molar-refractivity contribution in [3.8, 4) is 11.8 Å². The molecule has 0 aliphatic heterocycles. The minimum absolute atomic E-state index is 0.152. The van der Waals surface area contributed by atoms with Crippen molar-refractivity contribution in [2.24, 2.45) is 0 Å². The van der Waals surface area contributed by atoms with E-state index in [1.165, 1.54) is 12.1 Å².